The van der Waals surface area contributed by atoms with Crippen molar-refractivity contribution < 1.29 is 12.8 Å². The molecule has 0 aliphatic carbocycles. The number of halogens is 1. The van der Waals surface area contributed by atoms with E-state index in [1.165, 1.54) is 23.6 Å². The first-order chi connectivity index (χ1) is 8.90. The lowest BCUT2D eigenvalue weighted by molar-refractivity contribution is 0.544. The van der Waals surface area contributed by atoms with Crippen LogP contribution in [0.5, 0.6) is 0 Å². The largest absolute Gasteiger partial charge is 0.261 e. The Hall–Kier alpha value is -1.31. The molecule has 0 aliphatic rings. The van der Waals surface area contributed by atoms with Gasteiger partial charge in [-0.1, -0.05) is 0 Å². The van der Waals surface area contributed by atoms with E-state index in [1.54, 1.807) is 0 Å². The topological polar surface area (TPSA) is 59.1 Å². The normalized spacial score (nSPS) is 11.7. The van der Waals surface area contributed by atoms with Crippen LogP contribution in [0.25, 0.3) is 0 Å². The van der Waals surface area contributed by atoms with Crippen LogP contribution in [0.1, 0.15) is 15.3 Å². The maximum Gasteiger partial charge on any atom is 0.261 e. The van der Waals surface area contributed by atoms with Gasteiger partial charge in [0.15, 0.2) is 5.82 Å². The highest BCUT2D eigenvalue weighted by Gasteiger charge is 2.20. The van der Waals surface area contributed by atoms with Crippen LogP contribution in [0, 0.1) is 19.7 Å². The Morgan fingerprint density at radius 1 is 1.42 bits per heavy atom. The number of nitrogens with one attached hydrogen (secondary N) is 1. The quantitative estimate of drug-likeness (QED) is 0.943. The van der Waals surface area contributed by atoms with Crippen molar-refractivity contribution in [2.24, 2.45) is 0 Å². The summed E-state index contributed by atoms with van der Waals surface area (Å²) in [5.74, 6) is -0.853. The Morgan fingerprint density at radius 3 is 2.74 bits per heavy atom. The van der Waals surface area contributed by atoms with Crippen molar-refractivity contribution in [3.05, 3.63) is 45.5 Å². The van der Waals surface area contributed by atoms with Crippen molar-refractivity contribution in [3.8, 4) is 0 Å². The second-order valence-electron chi connectivity index (χ2n) is 4.07. The van der Waals surface area contributed by atoms with Crippen LogP contribution < -0.4 is 4.72 Å². The number of aryl methyl sites for hydroxylation is 2. The fraction of sp³-hybridized carbons (Fsp3) is 0.250. The van der Waals surface area contributed by atoms with Gasteiger partial charge >= 0.3 is 0 Å². The number of sulfonamides is 1. The Bertz CT molecular complexity index is 676. The zero-order valence-electron chi connectivity index (χ0n) is 10.5. The fourth-order valence-electron chi connectivity index (χ4n) is 1.54. The Labute approximate surface area is 115 Å². The number of nitrogens with zero attached hydrogens (tertiary/aromatic N) is 1. The number of pyridine rings is 1. The molecule has 0 aliphatic heterocycles. The minimum Gasteiger partial charge on any atom is -0.241 e. The van der Waals surface area contributed by atoms with Gasteiger partial charge in [-0.3, -0.25) is 0 Å². The molecule has 2 heterocycles. The molecule has 0 amide bonds. The Balaban J connectivity index is 2.17. The zero-order valence-corrected chi connectivity index (χ0v) is 12.1. The summed E-state index contributed by atoms with van der Waals surface area (Å²) in [6, 6.07) is 4.33. The van der Waals surface area contributed by atoms with E-state index in [0.29, 0.717) is 0 Å². The molecule has 0 radical (unpaired) electrons. The predicted octanol–water partition coefficient (Wildman–Crippen LogP) is 2.38. The van der Waals surface area contributed by atoms with Crippen LogP contribution in [-0.2, 0) is 16.6 Å². The van der Waals surface area contributed by atoms with Gasteiger partial charge in [0.25, 0.3) is 10.0 Å². The molecular weight excluding hydrogens is 287 g/mol. The van der Waals surface area contributed by atoms with Crippen molar-refractivity contribution in [2.75, 3.05) is 0 Å². The Morgan fingerprint density at radius 2 is 2.16 bits per heavy atom. The standard InChI is InChI=1S/C12H13FN2O2S2/c1-8-6-10(18-9(8)2)7-15-19(16,17)12-11(13)4-3-5-14-12/h3-6,15H,7H2,1-2H3. The average molecular weight is 300 g/mol. The fourth-order valence-corrected chi connectivity index (χ4v) is 3.63. The highest BCUT2D eigenvalue weighted by Crippen LogP contribution is 2.21. The van der Waals surface area contributed by atoms with E-state index in [2.05, 4.69) is 9.71 Å². The van der Waals surface area contributed by atoms with Crippen LogP contribution >= 0.6 is 11.3 Å². The SMILES string of the molecule is Cc1cc(CNS(=O)(=O)c2ncccc2F)sc1C. The minimum absolute atomic E-state index is 0.137. The molecule has 0 aromatic carbocycles. The van der Waals surface area contributed by atoms with Crippen molar-refractivity contribution in [2.45, 2.75) is 25.4 Å². The molecule has 2 rings (SSSR count). The van der Waals surface area contributed by atoms with Gasteiger partial charge in [0.2, 0.25) is 5.03 Å². The van der Waals surface area contributed by atoms with Crippen LogP contribution in [0.3, 0.4) is 0 Å². The van der Waals surface area contributed by atoms with Gasteiger partial charge in [-0.25, -0.2) is 22.5 Å². The predicted molar refractivity (Wildman–Crippen MR) is 72.0 cm³/mol. The summed E-state index contributed by atoms with van der Waals surface area (Å²) in [4.78, 5) is 5.58. The van der Waals surface area contributed by atoms with Crippen LogP contribution in [-0.4, -0.2) is 13.4 Å². The van der Waals surface area contributed by atoms with E-state index in [9.17, 15) is 12.8 Å². The maximum atomic E-state index is 13.4. The maximum absolute atomic E-state index is 13.4. The molecule has 2 aromatic heterocycles. The molecule has 1 N–H and O–H groups in total. The van der Waals surface area contributed by atoms with Crippen LogP contribution in [0.15, 0.2) is 29.4 Å². The molecule has 0 saturated heterocycles. The first kappa shape index (κ1) is 14.1. The molecule has 0 bridgehead atoms. The summed E-state index contributed by atoms with van der Waals surface area (Å²) in [5, 5.41) is -0.569. The van der Waals surface area contributed by atoms with E-state index in [4.69, 9.17) is 0 Å². The van der Waals surface area contributed by atoms with Crippen molar-refractivity contribution >= 4 is 21.4 Å². The Kier molecular flexibility index (Phi) is 3.98. The van der Waals surface area contributed by atoms with E-state index in [0.717, 1.165) is 21.4 Å². The van der Waals surface area contributed by atoms with E-state index in [-0.39, 0.29) is 6.54 Å². The first-order valence-electron chi connectivity index (χ1n) is 5.56. The zero-order chi connectivity index (χ0) is 14.0. The molecule has 4 nitrogen and oxygen atoms in total. The second kappa shape index (κ2) is 5.36. The van der Waals surface area contributed by atoms with Gasteiger partial charge in [0, 0.05) is 22.5 Å². The van der Waals surface area contributed by atoms with Gasteiger partial charge in [-0.2, -0.15) is 0 Å². The number of thiophene rings is 1. The van der Waals surface area contributed by atoms with Gasteiger partial charge in [0.1, 0.15) is 0 Å². The van der Waals surface area contributed by atoms with Crippen LogP contribution in [0.4, 0.5) is 4.39 Å². The molecule has 0 saturated carbocycles. The molecule has 19 heavy (non-hydrogen) atoms. The third-order valence-electron chi connectivity index (χ3n) is 2.63. The lowest BCUT2D eigenvalue weighted by Crippen LogP contribution is -2.24. The second-order valence-corrected chi connectivity index (χ2v) is 7.09. The highest BCUT2D eigenvalue weighted by molar-refractivity contribution is 7.89. The molecular formula is C12H13FN2O2S2. The van der Waals surface area contributed by atoms with Crippen molar-refractivity contribution in [1.29, 1.82) is 0 Å². The highest BCUT2D eigenvalue weighted by atomic mass is 32.2. The van der Waals surface area contributed by atoms with Gasteiger partial charge in [-0.15, -0.1) is 11.3 Å². The molecule has 7 heteroatoms. The third kappa shape index (κ3) is 3.17. The summed E-state index contributed by atoms with van der Waals surface area (Å²) in [7, 11) is -3.92. The number of rotatable bonds is 4. The lowest BCUT2D eigenvalue weighted by atomic mass is 10.3. The minimum atomic E-state index is -3.92. The van der Waals surface area contributed by atoms with Gasteiger partial charge in [-0.05, 0) is 37.6 Å². The smallest absolute Gasteiger partial charge is 0.241 e. The van der Waals surface area contributed by atoms with E-state index in [1.807, 2.05) is 19.9 Å². The first-order valence-corrected chi connectivity index (χ1v) is 7.86. The van der Waals surface area contributed by atoms with E-state index >= 15 is 0 Å². The average Bonchev–Trinajstić information content (AvgIpc) is 2.67. The summed E-state index contributed by atoms with van der Waals surface area (Å²) < 4.78 is 39.6. The number of aromatic nitrogens is 1. The van der Waals surface area contributed by atoms with E-state index < -0.39 is 20.9 Å². The molecule has 2 aromatic rings. The molecule has 0 atom stereocenters. The van der Waals surface area contributed by atoms with Gasteiger partial charge < -0.3 is 0 Å². The van der Waals surface area contributed by atoms with Gasteiger partial charge in [0.05, 0.1) is 0 Å². The summed E-state index contributed by atoms with van der Waals surface area (Å²) in [5.41, 5.74) is 1.11. The summed E-state index contributed by atoms with van der Waals surface area (Å²) in [6.45, 7) is 4.07. The lowest BCUT2D eigenvalue weighted by Gasteiger charge is -2.05. The van der Waals surface area contributed by atoms with Crippen molar-refractivity contribution in [1.82, 2.24) is 9.71 Å². The molecule has 0 spiro atoms. The van der Waals surface area contributed by atoms with Crippen LogP contribution in [0.2, 0.25) is 0 Å². The molecule has 0 fully saturated rings. The molecule has 0 unspecified atom stereocenters. The molecule has 102 valence electrons. The monoisotopic (exact) mass is 300 g/mol. The van der Waals surface area contributed by atoms with Crippen molar-refractivity contribution in [3.63, 3.8) is 0 Å². The summed E-state index contributed by atoms with van der Waals surface area (Å²) in [6.07, 6.45) is 1.25. The summed E-state index contributed by atoms with van der Waals surface area (Å²) >= 11 is 1.51. The third-order valence-corrected chi connectivity index (χ3v) is 5.12. The number of hydrogen-bond donors (Lipinski definition) is 1. The number of hydrogen-bond acceptors (Lipinski definition) is 4.